The Kier molecular flexibility index (Phi) is 4.56. The summed E-state index contributed by atoms with van der Waals surface area (Å²) >= 11 is 0. The summed E-state index contributed by atoms with van der Waals surface area (Å²) in [6, 6.07) is 0. The predicted octanol–water partition coefficient (Wildman–Crippen LogP) is 1.30. The molecule has 0 bridgehead atoms. The smallest absolute Gasteiger partial charge is 0.364 e. The van der Waals surface area contributed by atoms with Crippen LogP contribution in [0.15, 0.2) is 5.16 Å². The molecule has 0 spiro atoms. The average molecular weight is 308 g/mol. The third-order valence-electron chi connectivity index (χ3n) is 1.82. The van der Waals surface area contributed by atoms with Crippen LogP contribution < -0.4 is 0 Å². The summed E-state index contributed by atoms with van der Waals surface area (Å²) in [7, 11) is 0.996. The Morgan fingerprint density at radius 3 is 2.44 bits per heavy atom. The second kappa shape index (κ2) is 5.41. The van der Waals surface area contributed by atoms with Crippen LogP contribution >= 0.6 is 10.7 Å². The highest BCUT2D eigenvalue weighted by Gasteiger charge is 2.28. The monoisotopic (exact) mass is 307 g/mol. The van der Waals surface area contributed by atoms with Crippen molar-refractivity contribution in [1.29, 1.82) is 0 Å². The van der Waals surface area contributed by atoms with Crippen LogP contribution in [0.1, 0.15) is 12.7 Å². The van der Waals surface area contributed by atoms with E-state index in [1.54, 1.807) is 6.92 Å². The molecule has 11 heteroatoms. The number of ether oxygens (including phenoxy) is 1. The molecule has 1 rings (SSSR count). The lowest BCUT2D eigenvalue weighted by Crippen LogP contribution is -2.18. The summed E-state index contributed by atoms with van der Waals surface area (Å²) < 4.78 is 63.1. The molecule has 1 heterocycles. The number of hydrogen-bond acceptors (Lipinski definition) is 5. The highest BCUT2D eigenvalue weighted by atomic mass is 35.7. The van der Waals surface area contributed by atoms with Gasteiger partial charge in [0.1, 0.15) is 13.2 Å². The highest BCUT2D eigenvalue weighted by Crippen LogP contribution is 2.17. The number of rotatable bonds is 5. The standard InChI is InChI=1S/C7H9ClF3N3O3S/c1-2-14-5(3-17-4-7(9,10)11)12-13-6(14)18(8,15)16/h2-4H2,1H3. The van der Waals surface area contributed by atoms with Crippen molar-refractivity contribution in [2.75, 3.05) is 6.61 Å². The Hall–Kier alpha value is -0.870. The van der Waals surface area contributed by atoms with Crippen LogP contribution in [0.3, 0.4) is 0 Å². The molecule has 0 aliphatic rings. The highest BCUT2D eigenvalue weighted by molar-refractivity contribution is 8.13. The van der Waals surface area contributed by atoms with Crippen molar-refractivity contribution in [3.8, 4) is 0 Å². The fourth-order valence-electron chi connectivity index (χ4n) is 1.18. The van der Waals surface area contributed by atoms with Gasteiger partial charge in [0.25, 0.3) is 14.2 Å². The van der Waals surface area contributed by atoms with Gasteiger partial charge in [-0.05, 0) is 6.92 Å². The van der Waals surface area contributed by atoms with E-state index in [4.69, 9.17) is 10.7 Å². The summed E-state index contributed by atoms with van der Waals surface area (Å²) in [6.45, 7) is -0.250. The summed E-state index contributed by atoms with van der Waals surface area (Å²) in [5, 5.41) is 6.22. The Morgan fingerprint density at radius 1 is 1.39 bits per heavy atom. The zero-order valence-electron chi connectivity index (χ0n) is 9.11. The van der Waals surface area contributed by atoms with E-state index in [0.29, 0.717) is 0 Å². The first-order valence-corrected chi connectivity index (χ1v) is 6.97. The van der Waals surface area contributed by atoms with E-state index in [1.165, 1.54) is 0 Å². The lowest BCUT2D eigenvalue weighted by Gasteiger charge is -2.08. The summed E-state index contributed by atoms with van der Waals surface area (Å²) in [5.74, 6) is -0.0408. The van der Waals surface area contributed by atoms with Gasteiger partial charge in [-0.15, -0.1) is 10.2 Å². The van der Waals surface area contributed by atoms with E-state index in [-0.39, 0.29) is 12.4 Å². The van der Waals surface area contributed by atoms with Gasteiger partial charge in [-0.1, -0.05) is 0 Å². The van der Waals surface area contributed by atoms with E-state index < -0.39 is 33.6 Å². The maximum absolute atomic E-state index is 11.9. The normalized spacial score (nSPS) is 12.9. The Balaban J connectivity index is 2.82. The maximum atomic E-state index is 11.9. The largest absolute Gasteiger partial charge is 0.411 e. The molecule has 0 saturated heterocycles. The molecule has 0 radical (unpaired) electrons. The van der Waals surface area contributed by atoms with Gasteiger partial charge in [0.15, 0.2) is 5.82 Å². The van der Waals surface area contributed by atoms with Crippen molar-refractivity contribution >= 4 is 19.7 Å². The molecule has 0 aliphatic carbocycles. The first-order chi connectivity index (χ1) is 8.15. The van der Waals surface area contributed by atoms with E-state index in [2.05, 4.69) is 14.9 Å². The van der Waals surface area contributed by atoms with Gasteiger partial charge >= 0.3 is 6.18 Å². The van der Waals surface area contributed by atoms with Crippen molar-refractivity contribution in [1.82, 2.24) is 14.8 Å². The van der Waals surface area contributed by atoms with Crippen molar-refractivity contribution in [3.05, 3.63) is 5.82 Å². The van der Waals surface area contributed by atoms with Gasteiger partial charge in [0, 0.05) is 17.2 Å². The van der Waals surface area contributed by atoms with Crippen LogP contribution in [-0.4, -0.2) is 36.0 Å². The minimum atomic E-state index is -4.46. The van der Waals surface area contributed by atoms with E-state index in [9.17, 15) is 21.6 Å². The number of nitrogens with zero attached hydrogens (tertiary/aromatic N) is 3. The molecule has 6 nitrogen and oxygen atoms in total. The van der Waals surface area contributed by atoms with Crippen molar-refractivity contribution in [2.45, 2.75) is 31.4 Å². The maximum Gasteiger partial charge on any atom is 0.411 e. The lowest BCUT2D eigenvalue weighted by molar-refractivity contribution is -0.177. The SMILES string of the molecule is CCn1c(COCC(F)(F)F)nnc1S(=O)(=O)Cl. The quantitative estimate of drug-likeness (QED) is 0.767. The molecule has 0 aliphatic heterocycles. The molecule has 0 aromatic carbocycles. The molecule has 0 saturated carbocycles. The van der Waals surface area contributed by atoms with Crippen LogP contribution in [0.2, 0.25) is 0 Å². The predicted molar refractivity (Wildman–Crippen MR) is 54.4 cm³/mol. The van der Waals surface area contributed by atoms with Crippen molar-refractivity contribution in [3.63, 3.8) is 0 Å². The van der Waals surface area contributed by atoms with Crippen LogP contribution in [0, 0.1) is 0 Å². The summed E-state index contributed by atoms with van der Waals surface area (Å²) in [4.78, 5) is 0. The van der Waals surface area contributed by atoms with Gasteiger partial charge < -0.3 is 4.74 Å². The van der Waals surface area contributed by atoms with Gasteiger partial charge in [-0.2, -0.15) is 13.2 Å². The molecule has 1 aromatic heterocycles. The van der Waals surface area contributed by atoms with Crippen LogP contribution in [-0.2, 0) is 26.9 Å². The Labute approximate surface area is 105 Å². The average Bonchev–Trinajstić information content (AvgIpc) is 2.58. The van der Waals surface area contributed by atoms with Gasteiger partial charge in [0.05, 0.1) is 0 Å². The van der Waals surface area contributed by atoms with Gasteiger partial charge in [-0.25, -0.2) is 8.42 Å². The number of hydrogen-bond donors (Lipinski definition) is 0. The third kappa shape index (κ3) is 4.10. The minimum Gasteiger partial charge on any atom is -0.364 e. The molecule has 104 valence electrons. The van der Waals surface area contributed by atoms with Crippen molar-refractivity contribution in [2.24, 2.45) is 0 Å². The fraction of sp³-hybridized carbons (Fsp3) is 0.714. The molecular weight excluding hydrogens is 299 g/mol. The molecule has 0 amide bonds. The zero-order chi connectivity index (χ0) is 14.0. The molecule has 0 atom stereocenters. The molecule has 0 unspecified atom stereocenters. The van der Waals surface area contributed by atoms with E-state index in [1.807, 2.05) is 0 Å². The number of alkyl halides is 3. The summed E-state index contributed by atoms with van der Waals surface area (Å²) in [5.41, 5.74) is 0. The third-order valence-corrected chi connectivity index (χ3v) is 2.98. The lowest BCUT2D eigenvalue weighted by atomic mass is 10.6. The Morgan fingerprint density at radius 2 is 2.00 bits per heavy atom. The van der Waals surface area contributed by atoms with Crippen LogP contribution in [0.25, 0.3) is 0 Å². The summed E-state index contributed by atoms with van der Waals surface area (Å²) in [6.07, 6.45) is -4.46. The second-order valence-corrected chi connectivity index (χ2v) is 5.65. The fourth-order valence-corrected chi connectivity index (χ4v) is 2.16. The molecule has 18 heavy (non-hydrogen) atoms. The van der Waals surface area contributed by atoms with Gasteiger partial charge in [-0.3, -0.25) is 4.57 Å². The second-order valence-electron chi connectivity index (χ2n) is 3.19. The van der Waals surface area contributed by atoms with Crippen LogP contribution in [0.4, 0.5) is 13.2 Å². The topological polar surface area (TPSA) is 74.1 Å². The number of halogens is 4. The molecular formula is C7H9ClF3N3O3S. The first-order valence-electron chi connectivity index (χ1n) is 4.66. The van der Waals surface area contributed by atoms with E-state index in [0.717, 1.165) is 4.57 Å². The molecule has 0 N–H and O–H groups in total. The molecule has 0 fully saturated rings. The van der Waals surface area contributed by atoms with Crippen LogP contribution in [0.5, 0.6) is 0 Å². The Bertz CT molecular complexity index is 514. The number of aromatic nitrogens is 3. The van der Waals surface area contributed by atoms with Crippen molar-refractivity contribution < 1.29 is 26.3 Å². The zero-order valence-corrected chi connectivity index (χ0v) is 10.7. The van der Waals surface area contributed by atoms with E-state index >= 15 is 0 Å². The first kappa shape index (κ1) is 15.2. The molecule has 1 aromatic rings. The van der Waals surface area contributed by atoms with Gasteiger partial charge in [0.2, 0.25) is 0 Å². The minimum absolute atomic E-state index is 0.0408.